The lowest BCUT2D eigenvalue weighted by molar-refractivity contribution is 0.184. The van der Waals surface area contributed by atoms with Crippen LogP contribution in [0.5, 0.6) is 5.75 Å². The largest absolute Gasteiger partial charge is 0.497 e. The molecule has 0 aromatic heterocycles. The van der Waals surface area contributed by atoms with Gasteiger partial charge in [-0.2, -0.15) is 0 Å². The number of benzene rings is 1. The topological polar surface area (TPSA) is 44.8 Å². The van der Waals surface area contributed by atoms with Gasteiger partial charge in [-0.25, -0.2) is 4.79 Å². The third-order valence-corrected chi connectivity index (χ3v) is 5.35. The second-order valence-electron chi connectivity index (χ2n) is 7.08. The van der Waals surface area contributed by atoms with Crippen LogP contribution in [0, 0.1) is 5.92 Å². The van der Waals surface area contributed by atoms with Crippen molar-refractivity contribution in [3.8, 4) is 5.75 Å². The summed E-state index contributed by atoms with van der Waals surface area (Å²) in [7, 11) is 1.68. The number of nitrogens with zero attached hydrogens (tertiary/aromatic N) is 2. The van der Waals surface area contributed by atoms with E-state index in [2.05, 4.69) is 29.3 Å². The van der Waals surface area contributed by atoms with Crippen LogP contribution >= 0.6 is 0 Å². The van der Waals surface area contributed by atoms with Gasteiger partial charge in [0.05, 0.1) is 7.11 Å². The molecule has 1 aromatic carbocycles. The first-order valence-electron chi connectivity index (χ1n) is 9.10. The number of hydrogen-bond acceptors (Lipinski definition) is 3. The maximum absolute atomic E-state index is 12.5. The van der Waals surface area contributed by atoms with Crippen molar-refractivity contribution >= 4 is 11.7 Å². The summed E-state index contributed by atoms with van der Waals surface area (Å²) in [6.45, 7) is 5.61. The van der Waals surface area contributed by atoms with Crippen LogP contribution in [0.15, 0.2) is 24.3 Å². The monoisotopic (exact) mass is 331 g/mol. The predicted molar refractivity (Wildman–Crippen MR) is 96.7 cm³/mol. The summed E-state index contributed by atoms with van der Waals surface area (Å²) in [5.41, 5.74) is 1.19. The Labute approximate surface area is 145 Å². The van der Waals surface area contributed by atoms with Gasteiger partial charge < -0.3 is 19.9 Å². The molecule has 1 aliphatic carbocycles. The van der Waals surface area contributed by atoms with Gasteiger partial charge >= 0.3 is 6.03 Å². The van der Waals surface area contributed by atoms with Crippen LogP contribution in [0.2, 0.25) is 0 Å². The van der Waals surface area contributed by atoms with E-state index in [-0.39, 0.29) is 6.03 Å². The zero-order chi connectivity index (χ0) is 16.9. The first kappa shape index (κ1) is 16.9. The lowest BCUT2D eigenvalue weighted by atomic mass is 9.87. The summed E-state index contributed by atoms with van der Waals surface area (Å²) in [5.74, 6) is 1.68. The molecule has 0 unspecified atom stereocenters. The minimum Gasteiger partial charge on any atom is -0.497 e. The summed E-state index contributed by atoms with van der Waals surface area (Å²) >= 11 is 0. The molecule has 1 saturated carbocycles. The molecule has 5 heteroatoms. The lowest BCUT2D eigenvalue weighted by Gasteiger charge is -2.37. The molecule has 1 saturated heterocycles. The van der Waals surface area contributed by atoms with Crippen molar-refractivity contribution < 1.29 is 9.53 Å². The Morgan fingerprint density at radius 3 is 2.25 bits per heavy atom. The molecule has 2 fully saturated rings. The quantitative estimate of drug-likeness (QED) is 0.926. The predicted octanol–water partition coefficient (Wildman–Crippen LogP) is 3.11. The molecule has 132 valence electrons. The number of rotatable bonds is 3. The molecule has 0 radical (unpaired) electrons. The van der Waals surface area contributed by atoms with Gasteiger partial charge in [-0.15, -0.1) is 0 Å². The fraction of sp³-hybridized carbons (Fsp3) is 0.632. The van der Waals surface area contributed by atoms with Crippen LogP contribution in [0.25, 0.3) is 0 Å². The average molecular weight is 331 g/mol. The summed E-state index contributed by atoms with van der Waals surface area (Å²) < 4.78 is 5.20. The SMILES string of the molecule is COc1ccc(N2CCN(C(=O)NC3CCC(C)CC3)CC2)cc1. The van der Waals surface area contributed by atoms with Crippen LogP contribution in [0.3, 0.4) is 0 Å². The van der Waals surface area contributed by atoms with E-state index in [1.54, 1.807) is 7.11 Å². The summed E-state index contributed by atoms with van der Waals surface area (Å²) in [6.07, 6.45) is 4.71. The fourth-order valence-electron chi connectivity index (χ4n) is 3.63. The highest BCUT2D eigenvalue weighted by molar-refractivity contribution is 5.75. The first-order valence-corrected chi connectivity index (χ1v) is 9.10. The van der Waals surface area contributed by atoms with Crippen molar-refractivity contribution in [2.24, 2.45) is 5.92 Å². The van der Waals surface area contributed by atoms with E-state index in [9.17, 15) is 4.79 Å². The smallest absolute Gasteiger partial charge is 0.317 e. The van der Waals surface area contributed by atoms with Crippen LogP contribution in [0.1, 0.15) is 32.6 Å². The number of amides is 2. The van der Waals surface area contributed by atoms with Crippen molar-refractivity contribution in [1.82, 2.24) is 10.2 Å². The maximum Gasteiger partial charge on any atom is 0.317 e. The average Bonchev–Trinajstić information content (AvgIpc) is 2.64. The summed E-state index contributed by atoms with van der Waals surface area (Å²) in [6, 6.07) is 8.62. The van der Waals surface area contributed by atoms with Crippen molar-refractivity contribution in [3.05, 3.63) is 24.3 Å². The molecule has 0 bridgehead atoms. The number of ether oxygens (including phenoxy) is 1. The minimum atomic E-state index is 0.115. The molecule has 1 aromatic rings. The number of piperazine rings is 1. The van der Waals surface area contributed by atoms with E-state index >= 15 is 0 Å². The van der Waals surface area contributed by atoms with E-state index in [4.69, 9.17) is 4.74 Å². The van der Waals surface area contributed by atoms with E-state index in [0.29, 0.717) is 6.04 Å². The number of carbonyl (C=O) groups is 1. The molecule has 24 heavy (non-hydrogen) atoms. The highest BCUT2D eigenvalue weighted by Gasteiger charge is 2.25. The molecule has 0 atom stereocenters. The second-order valence-corrected chi connectivity index (χ2v) is 7.08. The van der Waals surface area contributed by atoms with E-state index in [1.165, 1.54) is 18.5 Å². The first-order chi connectivity index (χ1) is 11.7. The number of hydrogen-bond donors (Lipinski definition) is 1. The molecule has 3 rings (SSSR count). The zero-order valence-electron chi connectivity index (χ0n) is 14.8. The molecule has 5 nitrogen and oxygen atoms in total. The van der Waals surface area contributed by atoms with Gasteiger partial charge in [0.1, 0.15) is 5.75 Å². The Hall–Kier alpha value is -1.91. The molecule has 1 N–H and O–H groups in total. The van der Waals surface area contributed by atoms with Gasteiger partial charge in [-0.3, -0.25) is 0 Å². The van der Waals surface area contributed by atoms with Crippen molar-refractivity contribution in [2.45, 2.75) is 38.6 Å². The van der Waals surface area contributed by atoms with Crippen molar-refractivity contribution in [1.29, 1.82) is 0 Å². The van der Waals surface area contributed by atoms with E-state index < -0.39 is 0 Å². The summed E-state index contributed by atoms with van der Waals surface area (Å²) in [4.78, 5) is 16.7. The summed E-state index contributed by atoms with van der Waals surface area (Å²) in [5, 5.41) is 3.23. The van der Waals surface area contributed by atoms with Crippen molar-refractivity contribution in [3.63, 3.8) is 0 Å². The van der Waals surface area contributed by atoms with E-state index in [0.717, 1.165) is 50.7 Å². The Kier molecular flexibility index (Phi) is 5.48. The number of carbonyl (C=O) groups excluding carboxylic acids is 1. The molecular weight excluding hydrogens is 302 g/mol. The number of urea groups is 1. The molecule has 0 spiro atoms. The Morgan fingerprint density at radius 2 is 1.67 bits per heavy atom. The number of methoxy groups -OCH3 is 1. The normalized spacial score (nSPS) is 24.6. The number of anilines is 1. The van der Waals surface area contributed by atoms with Crippen molar-refractivity contribution in [2.75, 3.05) is 38.2 Å². The molecule has 1 aliphatic heterocycles. The fourth-order valence-corrected chi connectivity index (χ4v) is 3.63. The van der Waals surface area contributed by atoms with Crippen LogP contribution in [-0.2, 0) is 0 Å². The Balaban J connectivity index is 1.46. The van der Waals surface area contributed by atoms with E-state index in [1.807, 2.05) is 17.0 Å². The molecular formula is C19H29N3O2. The molecule has 2 aliphatic rings. The third-order valence-electron chi connectivity index (χ3n) is 5.35. The van der Waals surface area contributed by atoms with Gasteiger partial charge in [0, 0.05) is 37.9 Å². The second kappa shape index (κ2) is 7.77. The van der Waals surface area contributed by atoms with Gasteiger partial charge in [0.15, 0.2) is 0 Å². The van der Waals surface area contributed by atoms with Gasteiger partial charge in [-0.05, 0) is 55.9 Å². The third kappa shape index (κ3) is 4.13. The standard InChI is InChI=1S/C19H29N3O2/c1-15-3-5-16(6-4-15)20-19(23)22-13-11-21(12-14-22)17-7-9-18(24-2)10-8-17/h7-10,15-16H,3-6,11-14H2,1-2H3,(H,20,23). The Morgan fingerprint density at radius 1 is 1.04 bits per heavy atom. The maximum atomic E-state index is 12.5. The molecule has 2 amide bonds. The van der Waals surface area contributed by atoms with Gasteiger partial charge in [-0.1, -0.05) is 6.92 Å². The van der Waals surface area contributed by atoms with Crippen LogP contribution in [0.4, 0.5) is 10.5 Å². The minimum absolute atomic E-state index is 0.115. The Bertz CT molecular complexity index is 530. The zero-order valence-corrected chi connectivity index (χ0v) is 14.8. The highest BCUT2D eigenvalue weighted by Crippen LogP contribution is 2.24. The highest BCUT2D eigenvalue weighted by atomic mass is 16.5. The lowest BCUT2D eigenvalue weighted by Crippen LogP contribution is -2.53. The van der Waals surface area contributed by atoms with Crippen LogP contribution in [-0.4, -0.2) is 50.3 Å². The van der Waals surface area contributed by atoms with Crippen LogP contribution < -0.4 is 15.0 Å². The van der Waals surface area contributed by atoms with Gasteiger partial charge in [0.2, 0.25) is 0 Å². The number of nitrogens with one attached hydrogen (secondary N) is 1. The van der Waals surface area contributed by atoms with Gasteiger partial charge in [0.25, 0.3) is 0 Å². The molecule has 1 heterocycles.